The van der Waals surface area contributed by atoms with Gasteiger partial charge in [0, 0.05) is 41.3 Å². The van der Waals surface area contributed by atoms with Gasteiger partial charge in [0.15, 0.2) is 0 Å². The van der Waals surface area contributed by atoms with Crippen LogP contribution in [0, 0.1) is 0 Å². The lowest BCUT2D eigenvalue weighted by atomic mass is 10.1. The van der Waals surface area contributed by atoms with E-state index in [4.69, 9.17) is 22.7 Å². The average Bonchev–Trinajstić information content (AvgIpc) is 2.37. The number of hydrogen-bond acceptors (Lipinski definition) is 4. The Bertz CT molecular complexity index is 483. The van der Waals surface area contributed by atoms with Crippen molar-refractivity contribution in [1.29, 1.82) is 0 Å². The van der Waals surface area contributed by atoms with Crippen LogP contribution in [0.25, 0.3) is 0 Å². The van der Waals surface area contributed by atoms with Gasteiger partial charge in [0.2, 0.25) is 0 Å². The fraction of sp³-hybridized carbons (Fsp3) is 0.533. The molecule has 1 aliphatic heterocycles. The zero-order chi connectivity index (χ0) is 14.7. The van der Waals surface area contributed by atoms with E-state index in [0.29, 0.717) is 15.5 Å². The highest BCUT2D eigenvalue weighted by Crippen LogP contribution is 2.28. The Hall–Kier alpha value is -0.780. The lowest BCUT2D eigenvalue weighted by Crippen LogP contribution is -2.39. The Morgan fingerprint density at radius 1 is 1.40 bits per heavy atom. The average molecular weight is 310 g/mol. The van der Waals surface area contributed by atoms with Crippen molar-refractivity contribution in [1.82, 2.24) is 4.90 Å². The van der Waals surface area contributed by atoms with Gasteiger partial charge < -0.3 is 10.5 Å². The van der Waals surface area contributed by atoms with Crippen LogP contribution in [0.3, 0.4) is 0 Å². The standard InChI is InChI=1S/C15H22N2OS2/c1-10-7-17(8-11(2)20-10)9-13-6-12(15(16)19)4-5-14(13)18-3/h4-6,10-11H,7-9H2,1-3H3,(H2,16,19). The van der Waals surface area contributed by atoms with Crippen LogP contribution in [0.15, 0.2) is 18.2 Å². The largest absolute Gasteiger partial charge is 0.496 e. The van der Waals surface area contributed by atoms with Gasteiger partial charge in [-0.1, -0.05) is 26.1 Å². The van der Waals surface area contributed by atoms with Gasteiger partial charge in [-0.3, -0.25) is 4.90 Å². The lowest BCUT2D eigenvalue weighted by Gasteiger charge is -2.34. The smallest absolute Gasteiger partial charge is 0.123 e. The van der Waals surface area contributed by atoms with Crippen LogP contribution in [0.4, 0.5) is 0 Å². The molecule has 2 atom stereocenters. The summed E-state index contributed by atoms with van der Waals surface area (Å²) in [5.41, 5.74) is 7.79. The molecule has 1 aliphatic rings. The van der Waals surface area contributed by atoms with E-state index in [0.717, 1.165) is 36.5 Å². The molecule has 1 heterocycles. The molecule has 0 aromatic heterocycles. The first-order chi connectivity index (χ1) is 9.49. The van der Waals surface area contributed by atoms with Gasteiger partial charge in [0.05, 0.1) is 7.11 Å². The van der Waals surface area contributed by atoms with Gasteiger partial charge >= 0.3 is 0 Å². The Morgan fingerprint density at radius 2 is 2.05 bits per heavy atom. The van der Waals surface area contributed by atoms with Crippen LogP contribution in [-0.4, -0.2) is 40.6 Å². The van der Waals surface area contributed by atoms with Gasteiger partial charge in [-0.15, -0.1) is 0 Å². The van der Waals surface area contributed by atoms with Gasteiger partial charge in [-0.05, 0) is 18.2 Å². The first-order valence-corrected chi connectivity index (χ1v) is 8.19. The summed E-state index contributed by atoms with van der Waals surface area (Å²) in [6, 6.07) is 5.93. The maximum atomic E-state index is 5.73. The number of hydrogen-bond donors (Lipinski definition) is 1. The number of benzene rings is 1. The zero-order valence-electron chi connectivity index (χ0n) is 12.3. The monoisotopic (exact) mass is 310 g/mol. The minimum Gasteiger partial charge on any atom is -0.496 e. The summed E-state index contributed by atoms with van der Waals surface area (Å²) in [6.07, 6.45) is 0. The first kappa shape index (κ1) is 15.6. The summed E-state index contributed by atoms with van der Waals surface area (Å²) in [5, 5.41) is 1.34. The molecule has 1 saturated heterocycles. The second-order valence-electron chi connectivity index (χ2n) is 5.34. The lowest BCUT2D eigenvalue weighted by molar-refractivity contribution is 0.258. The summed E-state index contributed by atoms with van der Waals surface area (Å²) in [7, 11) is 1.70. The van der Waals surface area contributed by atoms with Crippen LogP contribution in [0.1, 0.15) is 25.0 Å². The Kier molecular flexibility index (Phi) is 5.29. The predicted octanol–water partition coefficient (Wildman–Crippen LogP) is 2.66. The highest BCUT2D eigenvalue weighted by Gasteiger charge is 2.23. The molecule has 1 aromatic rings. The van der Waals surface area contributed by atoms with Crippen molar-refractivity contribution in [3.63, 3.8) is 0 Å². The molecule has 0 radical (unpaired) electrons. The summed E-state index contributed by atoms with van der Waals surface area (Å²) >= 11 is 7.12. The predicted molar refractivity (Wildman–Crippen MR) is 90.7 cm³/mol. The normalized spacial score (nSPS) is 23.6. The van der Waals surface area contributed by atoms with E-state index in [1.165, 1.54) is 0 Å². The fourth-order valence-corrected chi connectivity index (χ4v) is 4.22. The Labute approximate surface area is 130 Å². The molecule has 0 saturated carbocycles. The summed E-state index contributed by atoms with van der Waals surface area (Å²) < 4.78 is 5.46. The second-order valence-corrected chi connectivity index (χ2v) is 7.66. The third-order valence-electron chi connectivity index (χ3n) is 3.45. The number of nitrogens with zero attached hydrogens (tertiary/aromatic N) is 1. The van der Waals surface area contributed by atoms with Crippen LogP contribution >= 0.6 is 24.0 Å². The van der Waals surface area contributed by atoms with E-state index in [9.17, 15) is 0 Å². The van der Waals surface area contributed by atoms with Gasteiger partial charge in [-0.2, -0.15) is 11.8 Å². The fourth-order valence-electron chi connectivity index (χ4n) is 2.71. The SMILES string of the molecule is COc1ccc(C(N)=S)cc1CN1CC(C)SC(C)C1. The van der Waals surface area contributed by atoms with Crippen molar-refractivity contribution in [2.45, 2.75) is 30.9 Å². The van der Waals surface area contributed by atoms with Gasteiger partial charge in [0.25, 0.3) is 0 Å². The van der Waals surface area contributed by atoms with Crippen molar-refractivity contribution >= 4 is 29.0 Å². The molecule has 0 amide bonds. The summed E-state index contributed by atoms with van der Waals surface area (Å²) in [6.45, 7) is 7.67. The molecule has 2 unspecified atom stereocenters. The maximum Gasteiger partial charge on any atom is 0.123 e. The van der Waals surface area contributed by atoms with E-state index in [1.54, 1.807) is 7.11 Å². The first-order valence-electron chi connectivity index (χ1n) is 6.84. The van der Waals surface area contributed by atoms with E-state index in [1.807, 2.05) is 12.1 Å². The van der Waals surface area contributed by atoms with Crippen LogP contribution in [-0.2, 0) is 6.54 Å². The van der Waals surface area contributed by atoms with Crippen molar-refractivity contribution < 1.29 is 4.74 Å². The van der Waals surface area contributed by atoms with Gasteiger partial charge in [0.1, 0.15) is 10.7 Å². The number of ether oxygens (including phenoxy) is 1. The van der Waals surface area contributed by atoms with E-state index in [-0.39, 0.29) is 0 Å². The second kappa shape index (κ2) is 6.78. The zero-order valence-corrected chi connectivity index (χ0v) is 13.9. The van der Waals surface area contributed by atoms with E-state index in [2.05, 4.69) is 36.6 Å². The minimum atomic E-state index is 0.435. The minimum absolute atomic E-state index is 0.435. The van der Waals surface area contributed by atoms with Crippen molar-refractivity contribution in [2.24, 2.45) is 5.73 Å². The molecular weight excluding hydrogens is 288 g/mol. The number of rotatable bonds is 4. The molecule has 110 valence electrons. The van der Waals surface area contributed by atoms with Gasteiger partial charge in [-0.25, -0.2) is 0 Å². The highest BCUT2D eigenvalue weighted by atomic mass is 32.2. The summed E-state index contributed by atoms with van der Waals surface area (Å²) in [4.78, 5) is 2.91. The van der Waals surface area contributed by atoms with Crippen molar-refractivity contribution in [3.8, 4) is 5.75 Å². The van der Waals surface area contributed by atoms with Crippen LogP contribution in [0.2, 0.25) is 0 Å². The Balaban J connectivity index is 2.18. The molecule has 5 heteroatoms. The number of thioether (sulfide) groups is 1. The highest BCUT2D eigenvalue weighted by molar-refractivity contribution is 8.00. The van der Waals surface area contributed by atoms with E-state index < -0.39 is 0 Å². The molecule has 1 aromatic carbocycles. The van der Waals surface area contributed by atoms with E-state index >= 15 is 0 Å². The molecule has 0 aliphatic carbocycles. The van der Waals surface area contributed by atoms with Crippen LogP contribution < -0.4 is 10.5 Å². The quantitative estimate of drug-likeness (QED) is 0.866. The molecular formula is C15H22N2OS2. The molecule has 2 N–H and O–H groups in total. The van der Waals surface area contributed by atoms with Crippen LogP contribution in [0.5, 0.6) is 5.75 Å². The summed E-state index contributed by atoms with van der Waals surface area (Å²) in [5.74, 6) is 0.906. The number of thiocarbonyl (C=S) groups is 1. The third-order valence-corrected chi connectivity index (χ3v) is 4.92. The molecule has 0 bridgehead atoms. The maximum absolute atomic E-state index is 5.73. The van der Waals surface area contributed by atoms with Crippen molar-refractivity contribution in [2.75, 3.05) is 20.2 Å². The Morgan fingerprint density at radius 3 is 2.60 bits per heavy atom. The molecule has 1 fully saturated rings. The molecule has 2 rings (SSSR count). The molecule has 0 spiro atoms. The molecule has 3 nitrogen and oxygen atoms in total. The third kappa shape index (κ3) is 3.87. The number of nitrogens with two attached hydrogens (primary N) is 1. The number of methoxy groups -OCH3 is 1. The van der Waals surface area contributed by atoms with Crippen molar-refractivity contribution in [3.05, 3.63) is 29.3 Å². The topological polar surface area (TPSA) is 38.5 Å². The molecule has 20 heavy (non-hydrogen) atoms.